The van der Waals surface area contributed by atoms with Crippen LogP contribution < -0.4 is 9.47 Å². The zero-order chi connectivity index (χ0) is 17.0. The zero-order valence-electron chi connectivity index (χ0n) is 13.6. The average Bonchev–Trinajstić information content (AvgIpc) is 2.61. The molecule has 6 nitrogen and oxygen atoms in total. The molecule has 0 heterocycles. The van der Waals surface area contributed by atoms with Gasteiger partial charge in [-0.1, -0.05) is 12.1 Å². The van der Waals surface area contributed by atoms with E-state index in [-0.39, 0.29) is 13.2 Å². The summed E-state index contributed by atoms with van der Waals surface area (Å²) in [5.74, 6) is 1.53. The molecule has 0 amide bonds. The molecule has 0 atom stereocenters. The lowest BCUT2D eigenvalue weighted by Crippen LogP contribution is -2.09. The van der Waals surface area contributed by atoms with Crippen LogP contribution in [0.4, 0.5) is 0 Å². The standard InChI is InChI=1S/C18H24O6/c19-5-7-21-9-11-23-17-3-1-15-2-4-18(14-16(15)13-17)24-12-10-22-8-6-20/h1-4,13-14,19-20H,5-12H2. The maximum atomic E-state index is 8.63. The minimum absolute atomic E-state index is 0.0177. The molecular weight excluding hydrogens is 312 g/mol. The summed E-state index contributed by atoms with van der Waals surface area (Å²) >= 11 is 0. The van der Waals surface area contributed by atoms with Gasteiger partial charge >= 0.3 is 0 Å². The Bertz CT molecular complexity index is 552. The third kappa shape index (κ3) is 6.33. The molecule has 0 saturated heterocycles. The highest BCUT2D eigenvalue weighted by Gasteiger charge is 2.01. The van der Waals surface area contributed by atoms with Crippen LogP contribution in [-0.2, 0) is 9.47 Å². The lowest BCUT2D eigenvalue weighted by Gasteiger charge is -2.10. The van der Waals surface area contributed by atoms with Crippen molar-refractivity contribution in [2.45, 2.75) is 0 Å². The van der Waals surface area contributed by atoms with Gasteiger partial charge in [-0.2, -0.15) is 0 Å². The monoisotopic (exact) mass is 336 g/mol. The molecule has 6 heteroatoms. The first-order valence-corrected chi connectivity index (χ1v) is 8.00. The van der Waals surface area contributed by atoms with Crippen molar-refractivity contribution in [3.8, 4) is 11.5 Å². The van der Waals surface area contributed by atoms with Crippen LogP contribution in [-0.4, -0.2) is 63.1 Å². The molecule has 0 aliphatic carbocycles. The van der Waals surface area contributed by atoms with Crippen molar-refractivity contribution in [2.75, 3.05) is 52.9 Å². The van der Waals surface area contributed by atoms with E-state index in [9.17, 15) is 0 Å². The van der Waals surface area contributed by atoms with Crippen molar-refractivity contribution in [3.63, 3.8) is 0 Å². The molecule has 2 aromatic rings. The highest BCUT2D eigenvalue weighted by atomic mass is 16.5. The molecule has 0 spiro atoms. The van der Waals surface area contributed by atoms with Crippen LogP contribution in [0.3, 0.4) is 0 Å². The van der Waals surface area contributed by atoms with Gasteiger partial charge in [-0.3, -0.25) is 0 Å². The maximum Gasteiger partial charge on any atom is 0.120 e. The van der Waals surface area contributed by atoms with Gasteiger partial charge < -0.3 is 29.2 Å². The number of rotatable bonds is 12. The topological polar surface area (TPSA) is 77.4 Å². The highest BCUT2D eigenvalue weighted by Crippen LogP contribution is 2.25. The first-order chi connectivity index (χ1) is 11.8. The Kier molecular flexibility index (Phi) is 8.34. The quantitative estimate of drug-likeness (QED) is 0.574. The zero-order valence-corrected chi connectivity index (χ0v) is 13.6. The van der Waals surface area contributed by atoms with E-state index in [2.05, 4.69) is 0 Å². The van der Waals surface area contributed by atoms with Crippen LogP contribution in [0.2, 0.25) is 0 Å². The Morgan fingerprint density at radius 3 is 1.54 bits per heavy atom. The molecule has 0 fully saturated rings. The molecule has 0 saturated carbocycles. The van der Waals surface area contributed by atoms with Crippen molar-refractivity contribution >= 4 is 10.8 Å². The molecule has 0 unspecified atom stereocenters. The van der Waals surface area contributed by atoms with Crippen LogP contribution in [0.1, 0.15) is 0 Å². The van der Waals surface area contributed by atoms with E-state index in [1.807, 2.05) is 36.4 Å². The number of hydrogen-bond acceptors (Lipinski definition) is 6. The fourth-order valence-electron chi connectivity index (χ4n) is 2.15. The molecule has 24 heavy (non-hydrogen) atoms. The molecular formula is C18H24O6. The van der Waals surface area contributed by atoms with Crippen molar-refractivity contribution in [3.05, 3.63) is 36.4 Å². The molecule has 2 aromatic carbocycles. The summed E-state index contributed by atoms with van der Waals surface area (Å²) in [5, 5.41) is 19.4. The Balaban J connectivity index is 1.87. The van der Waals surface area contributed by atoms with Gasteiger partial charge in [0.25, 0.3) is 0 Å². The Labute approximate surface area is 141 Å². The van der Waals surface area contributed by atoms with Crippen LogP contribution >= 0.6 is 0 Å². The van der Waals surface area contributed by atoms with E-state index in [1.165, 1.54) is 0 Å². The lowest BCUT2D eigenvalue weighted by atomic mass is 10.1. The van der Waals surface area contributed by atoms with Crippen molar-refractivity contribution in [2.24, 2.45) is 0 Å². The summed E-state index contributed by atoms with van der Waals surface area (Å²) in [4.78, 5) is 0. The molecule has 132 valence electrons. The molecule has 0 aliphatic rings. The van der Waals surface area contributed by atoms with E-state index < -0.39 is 0 Å². The van der Waals surface area contributed by atoms with Gasteiger partial charge in [0.1, 0.15) is 24.7 Å². The number of ether oxygens (including phenoxy) is 4. The minimum atomic E-state index is 0.0177. The van der Waals surface area contributed by atoms with E-state index in [1.54, 1.807) is 0 Å². The number of aliphatic hydroxyl groups excluding tert-OH is 2. The van der Waals surface area contributed by atoms with Gasteiger partial charge in [-0.05, 0) is 35.0 Å². The van der Waals surface area contributed by atoms with Gasteiger partial charge in [0.15, 0.2) is 0 Å². The van der Waals surface area contributed by atoms with Crippen LogP contribution in [0.25, 0.3) is 10.8 Å². The van der Waals surface area contributed by atoms with Gasteiger partial charge in [-0.25, -0.2) is 0 Å². The summed E-state index contributed by atoms with van der Waals surface area (Å²) in [7, 11) is 0. The van der Waals surface area contributed by atoms with E-state index >= 15 is 0 Å². The summed E-state index contributed by atoms with van der Waals surface area (Å²) in [5.41, 5.74) is 0. The van der Waals surface area contributed by atoms with Crippen LogP contribution in [0, 0.1) is 0 Å². The first-order valence-electron chi connectivity index (χ1n) is 8.00. The number of aliphatic hydroxyl groups is 2. The third-order valence-electron chi connectivity index (χ3n) is 3.25. The van der Waals surface area contributed by atoms with Gasteiger partial charge in [-0.15, -0.1) is 0 Å². The maximum absolute atomic E-state index is 8.63. The van der Waals surface area contributed by atoms with Gasteiger partial charge in [0.2, 0.25) is 0 Å². The van der Waals surface area contributed by atoms with Crippen LogP contribution in [0.15, 0.2) is 36.4 Å². The normalized spacial score (nSPS) is 10.9. The summed E-state index contributed by atoms with van der Waals surface area (Å²) in [6.07, 6.45) is 0. The summed E-state index contributed by atoms with van der Waals surface area (Å²) in [6, 6.07) is 11.7. The molecule has 2 rings (SSSR count). The average molecular weight is 336 g/mol. The fourth-order valence-corrected chi connectivity index (χ4v) is 2.15. The Hall–Kier alpha value is -1.86. The predicted octanol–water partition coefficient (Wildman–Crippen LogP) is 1.62. The lowest BCUT2D eigenvalue weighted by molar-refractivity contribution is 0.0704. The van der Waals surface area contributed by atoms with Crippen LogP contribution in [0.5, 0.6) is 11.5 Å². The van der Waals surface area contributed by atoms with Gasteiger partial charge in [0.05, 0.1) is 39.6 Å². The van der Waals surface area contributed by atoms with Crippen molar-refractivity contribution in [1.82, 2.24) is 0 Å². The largest absolute Gasteiger partial charge is 0.491 e. The predicted molar refractivity (Wildman–Crippen MR) is 90.7 cm³/mol. The molecule has 0 aromatic heterocycles. The highest BCUT2D eigenvalue weighted by molar-refractivity contribution is 5.85. The number of benzene rings is 2. The first kappa shape index (κ1) is 18.5. The molecule has 0 aliphatic heterocycles. The number of hydrogen-bond donors (Lipinski definition) is 2. The van der Waals surface area contributed by atoms with Crippen molar-refractivity contribution < 1.29 is 29.2 Å². The van der Waals surface area contributed by atoms with Gasteiger partial charge in [0, 0.05) is 0 Å². The molecule has 2 N–H and O–H groups in total. The number of fused-ring (bicyclic) bond motifs is 1. The minimum Gasteiger partial charge on any atom is -0.491 e. The Morgan fingerprint density at radius 1 is 0.583 bits per heavy atom. The fraction of sp³-hybridized carbons (Fsp3) is 0.444. The SMILES string of the molecule is OCCOCCOc1ccc2ccc(OCCOCCO)cc2c1. The molecule has 0 radical (unpaired) electrons. The van der Waals surface area contributed by atoms with E-state index in [0.29, 0.717) is 39.6 Å². The van der Waals surface area contributed by atoms with E-state index in [0.717, 1.165) is 22.3 Å². The smallest absolute Gasteiger partial charge is 0.120 e. The second-order valence-electron chi connectivity index (χ2n) is 5.04. The molecule has 0 bridgehead atoms. The second kappa shape index (κ2) is 10.8. The second-order valence-corrected chi connectivity index (χ2v) is 5.04. The summed E-state index contributed by atoms with van der Waals surface area (Å²) in [6.45, 7) is 2.43. The van der Waals surface area contributed by atoms with Crippen molar-refractivity contribution in [1.29, 1.82) is 0 Å². The van der Waals surface area contributed by atoms with E-state index in [4.69, 9.17) is 29.2 Å². The summed E-state index contributed by atoms with van der Waals surface area (Å²) < 4.78 is 21.6. The Morgan fingerprint density at radius 2 is 1.08 bits per heavy atom. The third-order valence-corrected chi connectivity index (χ3v) is 3.25.